The van der Waals surface area contributed by atoms with Gasteiger partial charge in [-0.25, -0.2) is 0 Å². The van der Waals surface area contributed by atoms with Crippen LogP contribution in [0.25, 0.3) is 0 Å². The molecule has 0 spiro atoms. The molecular formula is C10H13N3O. The van der Waals surface area contributed by atoms with Crippen LogP contribution in [0.3, 0.4) is 0 Å². The zero-order valence-corrected chi connectivity index (χ0v) is 7.95. The fourth-order valence-electron chi connectivity index (χ4n) is 1.27. The number of rotatable bonds is 3. The van der Waals surface area contributed by atoms with Gasteiger partial charge in [-0.05, 0) is 12.5 Å². The summed E-state index contributed by atoms with van der Waals surface area (Å²) < 4.78 is 0. The molecule has 1 atom stereocenters. The van der Waals surface area contributed by atoms with Crippen molar-refractivity contribution in [2.45, 2.75) is 12.8 Å². The predicted octanol–water partition coefficient (Wildman–Crippen LogP) is 0.559. The third-order valence-electron chi connectivity index (χ3n) is 2.14. The van der Waals surface area contributed by atoms with Gasteiger partial charge in [0.05, 0.1) is 5.92 Å². The Bertz CT molecular complexity index is 373. The Morgan fingerprint density at radius 2 is 1.93 bits per heavy atom. The molecule has 4 heteroatoms. The molecule has 1 aromatic rings. The molecule has 0 saturated heterocycles. The van der Waals surface area contributed by atoms with Gasteiger partial charge in [-0.3, -0.25) is 10.2 Å². The number of amides is 1. The standard InChI is InChI=1S/C10H13N3O/c1-6(10(13)14)7-4-2-3-5-8(7)9(11)12/h2-6H,1H3,(H3,11,12)(H2,13,14). The Hall–Kier alpha value is -1.84. The van der Waals surface area contributed by atoms with Gasteiger partial charge in [-0.1, -0.05) is 24.3 Å². The second-order valence-corrected chi connectivity index (χ2v) is 3.12. The molecule has 0 aliphatic rings. The minimum absolute atomic E-state index is 0.0475. The average Bonchev–Trinajstić information content (AvgIpc) is 2.16. The summed E-state index contributed by atoms with van der Waals surface area (Å²) in [5.41, 5.74) is 11.8. The van der Waals surface area contributed by atoms with Crippen molar-refractivity contribution in [1.82, 2.24) is 0 Å². The molecule has 1 aromatic carbocycles. The highest BCUT2D eigenvalue weighted by molar-refractivity contribution is 5.98. The van der Waals surface area contributed by atoms with Crippen LogP contribution in [0.4, 0.5) is 0 Å². The van der Waals surface area contributed by atoms with Crippen LogP contribution in [0.15, 0.2) is 24.3 Å². The average molecular weight is 191 g/mol. The van der Waals surface area contributed by atoms with E-state index >= 15 is 0 Å². The first-order chi connectivity index (χ1) is 6.54. The van der Waals surface area contributed by atoms with Gasteiger partial charge in [0, 0.05) is 5.56 Å². The summed E-state index contributed by atoms with van der Waals surface area (Å²) in [4.78, 5) is 11.0. The molecule has 1 unspecified atom stereocenters. The van der Waals surface area contributed by atoms with Crippen LogP contribution < -0.4 is 11.5 Å². The molecule has 0 aliphatic carbocycles. The van der Waals surface area contributed by atoms with E-state index in [1.807, 2.05) is 0 Å². The largest absolute Gasteiger partial charge is 0.384 e. The van der Waals surface area contributed by atoms with Crippen molar-refractivity contribution in [3.63, 3.8) is 0 Å². The minimum Gasteiger partial charge on any atom is -0.384 e. The molecule has 1 amide bonds. The Labute approximate surface area is 82.4 Å². The third-order valence-corrected chi connectivity index (χ3v) is 2.14. The lowest BCUT2D eigenvalue weighted by atomic mass is 9.95. The first kappa shape index (κ1) is 10.2. The maximum Gasteiger partial charge on any atom is 0.224 e. The monoisotopic (exact) mass is 191 g/mol. The summed E-state index contributed by atoms with van der Waals surface area (Å²) in [6.45, 7) is 1.70. The number of hydrogen-bond acceptors (Lipinski definition) is 2. The van der Waals surface area contributed by atoms with E-state index in [1.165, 1.54) is 0 Å². The van der Waals surface area contributed by atoms with Gasteiger partial charge in [0.25, 0.3) is 0 Å². The lowest BCUT2D eigenvalue weighted by Crippen LogP contribution is -2.22. The Morgan fingerprint density at radius 3 is 2.43 bits per heavy atom. The second kappa shape index (κ2) is 3.91. The Balaban J connectivity index is 3.19. The first-order valence-electron chi connectivity index (χ1n) is 4.26. The van der Waals surface area contributed by atoms with Gasteiger partial charge in [-0.2, -0.15) is 0 Å². The summed E-state index contributed by atoms with van der Waals surface area (Å²) >= 11 is 0. The zero-order valence-electron chi connectivity index (χ0n) is 7.95. The van der Waals surface area contributed by atoms with Gasteiger partial charge < -0.3 is 11.5 Å². The van der Waals surface area contributed by atoms with E-state index in [9.17, 15) is 4.79 Å². The van der Waals surface area contributed by atoms with Crippen LogP contribution >= 0.6 is 0 Å². The number of nitrogens with two attached hydrogens (primary N) is 2. The summed E-state index contributed by atoms with van der Waals surface area (Å²) in [6, 6.07) is 7.03. The maximum absolute atomic E-state index is 11.0. The molecule has 4 nitrogen and oxygen atoms in total. The van der Waals surface area contributed by atoms with Crippen LogP contribution in [0.2, 0.25) is 0 Å². The van der Waals surface area contributed by atoms with Gasteiger partial charge in [-0.15, -0.1) is 0 Å². The van der Waals surface area contributed by atoms with E-state index in [0.29, 0.717) is 11.1 Å². The number of carbonyl (C=O) groups excluding carboxylic acids is 1. The van der Waals surface area contributed by atoms with Crippen LogP contribution in [0, 0.1) is 5.41 Å². The van der Waals surface area contributed by atoms with Crippen molar-refractivity contribution >= 4 is 11.7 Å². The molecular weight excluding hydrogens is 178 g/mol. The number of hydrogen-bond donors (Lipinski definition) is 3. The van der Waals surface area contributed by atoms with E-state index in [4.69, 9.17) is 16.9 Å². The van der Waals surface area contributed by atoms with Crippen LogP contribution in [0.5, 0.6) is 0 Å². The molecule has 14 heavy (non-hydrogen) atoms. The van der Waals surface area contributed by atoms with E-state index in [0.717, 1.165) is 0 Å². The number of nitrogen functional groups attached to an aromatic ring is 1. The molecule has 1 rings (SSSR count). The normalized spacial score (nSPS) is 12.1. The number of amidine groups is 1. The highest BCUT2D eigenvalue weighted by Crippen LogP contribution is 2.18. The fraction of sp³-hybridized carbons (Fsp3) is 0.200. The van der Waals surface area contributed by atoms with Crippen molar-refractivity contribution < 1.29 is 4.79 Å². The van der Waals surface area contributed by atoms with Crippen molar-refractivity contribution in [1.29, 1.82) is 5.41 Å². The zero-order chi connectivity index (χ0) is 10.7. The third kappa shape index (κ3) is 1.90. The van der Waals surface area contributed by atoms with E-state index in [-0.39, 0.29) is 5.84 Å². The molecule has 0 radical (unpaired) electrons. The molecule has 0 aliphatic heterocycles. The SMILES string of the molecule is CC(C(N)=O)c1ccccc1C(=N)N. The summed E-state index contributed by atoms with van der Waals surface area (Å²) in [5.74, 6) is -0.887. The number of primary amides is 1. The lowest BCUT2D eigenvalue weighted by Gasteiger charge is -2.12. The summed E-state index contributed by atoms with van der Waals surface area (Å²) in [7, 11) is 0. The van der Waals surface area contributed by atoms with Crippen LogP contribution in [-0.2, 0) is 4.79 Å². The fourth-order valence-corrected chi connectivity index (χ4v) is 1.27. The van der Waals surface area contributed by atoms with Gasteiger partial charge in [0.2, 0.25) is 5.91 Å². The second-order valence-electron chi connectivity index (χ2n) is 3.12. The van der Waals surface area contributed by atoms with Crippen molar-refractivity contribution in [3.8, 4) is 0 Å². The lowest BCUT2D eigenvalue weighted by molar-refractivity contribution is -0.119. The number of benzene rings is 1. The van der Waals surface area contributed by atoms with E-state index < -0.39 is 11.8 Å². The quantitative estimate of drug-likeness (QED) is 0.481. The van der Waals surface area contributed by atoms with Crippen LogP contribution in [0.1, 0.15) is 24.0 Å². The van der Waals surface area contributed by atoms with Crippen molar-refractivity contribution in [3.05, 3.63) is 35.4 Å². The smallest absolute Gasteiger partial charge is 0.224 e. The molecule has 0 fully saturated rings. The van der Waals surface area contributed by atoms with E-state index in [2.05, 4.69) is 0 Å². The van der Waals surface area contributed by atoms with Crippen molar-refractivity contribution in [2.24, 2.45) is 11.5 Å². The topological polar surface area (TPSA) is 93.0 Å². The van der Waals surface area contributed by atoms with E-state index in [1.54, 1.807) is 31.2 Å². The molecule has 0 heterocycles. The summed E-state index contributed by atoms with van der Waals surface area (Å²) in [6.07, 6.45) is 0. The molecule has 74 valence electrons. The van der Waals surface area contributed by atoms with Crippen LogP contribution in [-0.4, -0.2) is 11.7 Å². The highest BCUT2D eigenvalue weighted by Gasteiger charge is 2.15. The molecule has 0 aromatic heterocycles. The molecule has 0 bridgehead atoms. The van der Waals surface area contributed by atoms with Gasteiger partial charge in [0.1, 0.15) is 5.84 Å². The highest BCUT2D eigenvalue weighted by atomic mass is 16.1. The predicted molar refractivity (Wildman–Crippen MR) is 55.1 cm³/mol. The molecule has 0 saturated carbocycles. The minimum atomic E-state index is -0.421. The number of nitrogens with one attached hydrogen (secondary N) is 1. The maximum atomic E-state index is 11.0. The first-order valence-corrected chi connectivity index (χ1v) is 4.26. The Kier molecular flexibility index (Phi) is 2.86. The van der Waals surface area contributed by atoms with Gasteiger partial charge >= 0.3 is 0 Å². The molecule has 5 N–H and O–H groups in total. The number of carbonyl (C=O) groups is 1. The Morgan fingerprint density at radius 1 is 1.36 bits per heavy atom. The van der Waals surface area contributed by atoms with Gasteiger partial charge in [0.15, 0.2) is 0 Å². The summed E-state index contributed by atoms with van der Waals surface area (Å²) in [5, 5.41) is 7.34. The van der Waals surface area contributed by atoms with Crippen molar-refractivity contribution in [2.75, 3.05) is 0 Å².